The van der Waals surface area contributed by atoms with Gasteiger partial charge in [-0.3, -0.25) is 0 Å². The molecule has 0 amide bonds. The Morgan fingerprint density at radius 1 is 1.08 bits per heavy atom. The molecule has 6 atom stereocenters. The summed E-state index contributed by atoms with van der Waals surface area (Å²) in [6, 6.07) is 0. The van der Waals surface area contributed by atoms with Crippen LogP contribution in [0.1, 0.15) is 32.6 Å². The second-order valence-corrected chi connectivity index (χ2v) is 5.08. The lowest BCUT2D eigenvalue weighted by Crippen LogP contribution is -2.45. The lowest BCUT2D eigenvalue weighted by molar-refractivity contribution is -0.137. The van der Waals surface area contributed by atoms with Gasteiger partial charge in [-0.25, -0.2) is 0 Å². The molecule has 6 unspecified atom stereocenters. The number of aliphatic hydroxyl groups excluding tert-OH is 1. The fourth-order valence-electron chi connectivity index (χ4n) is 3.79. The van der Waals surface area contributed by atoms with Crippen LogP contribution in [-0.4, -0.2) is 23.4 Å². The normalized spacial score (nSPS) is 59.5. The Balaban J connectivity index is 1.91. The molecule has 2 heteroatoms. The maximum atomic E-state index is 10.1. The smallest absolute Gasteiger partial charge is 0.0841 e. The van der Waals surface area contributed by atoms with Crippen molar-refractivity contribution in [2.75, 3.05) is 0 Å². The molecule has 74 valence electrons. The van der Waals surface area contributed by atoms with E-state index in [1.165, 1.54) is 19.3 Å². The highest BCUT2D eigenvalue weighted by atomic mass is 16.5. The van der Waals surface area contributed by atoms with E-state index in [4.69, 9.17) is 4.74 Å². The van der Waals surface area contributed by atoms with Crippen LogP contribution in [0.5, 0.6) is 0 Å². The Kier molecular flexibility index (Phi) is 1.72. The number of hydrogen-bond acceptors (Lipinski definition) is 2. The molecule has 0 spiro atoms. The van der Waals surface area contributed by atoms with Gasteiger partial charge in [-0.1, -0.05) is 6.92 Å². The van der Waals surface area contributed by atoms with Crippen LogP contribution in [0, 0.1) is 17.8 Å². The highest BCUT2D eigenvalue weighted by Gasteiger charge is 2.52. The van der Waals surface area contributed by atoms with Gasteiger partial charge >= 0.3 is 0 Å². The second kappa shape index (κ2) is 2.71. The number of aliphatic hydroxyl groups is 1. The Morgan fingerprint density at radius 3 is 2.69 bits per heavy atom. The van der Waals surface area contributed by atoms with Crippen LogP contribution in [0.3, 0.4) is 0 Å². The SMILES string of the molecule is CC1CCC2C3CCC(O3)C(O)C12. The van der Waals surface area contributed by atoms with Gasteiger partial charge in [0.25, 0.3) is 0 Å². The average Bonchev–Trinajstić information content (AvgIpc) is 2.67. The van der Waals surface area contributed by atoms with Gasteiger partial charge in [0, 0.05) is 0 Å². The van der Waals surface area contributed by atoms with Crippen molar-refractivity contribution in [3.05, 3.63) is 0 Å². The summed E-state index contributed by atoms with van der Waals surface area (Å²) in [6.45, 7) is 2.29. The predicted molar refractivity (Wildman–Crippen MR) is 49.3 cm³/mol. The standard InChI is InChI=1S/C11H18O2/c1-6-2-3-7-8-4-5-9(13-8)11(12)10(6)7/h6-12H,2-5H2,1H3. The van der Waals surface area contributed by atoms with Crippen LogP contribution in [0.25, 0.3) is 0 Å². The summed E-state index contributed by atoms with van der Waals surface area (Å²) >= 11 is 0. The molecule has 3 fully saturated rings. The minimum absolute atomic E-state index is 0.166. The summed E-state index contributed by atoms with van der Waals surface area (Å²) in [6.07, 6.45) is 5.34. The van der Waals surface area contributed by atoms with Gasteiger partial charge in [0.15, 0.2) is 0 Å². The maximum Gasteiger partial charge on any atom is 0.0841 e. The van der Waals surface area contributed by atoms with Gasteiger partial charge in [-0.2, -0.15) is 0 Å². The molecule has 2 saturated heterocycles. The van der Waals surface area contributed by atoms with Crippen LogP contribution in [0.4, 0.5) is 0 Å². The number of hydrogen-bond donors (Lipinski definition) is 1. The van der Waals surface area contributed by atoms with E-state index in [0.717, 1.165) is 6.42 Å². The van der Waals surface area contributed by atoms with E-state index < -0.39 is 0 Å². The summed E-state index contributed by atoms with van der Waals surface area (Å²) in [5.74, 6) is 1.93. The van der Waals surface area contributed by atoms with E-state index in [1.54, 1.807) is 0 Å². The number of ether oxygens (including phenoxy) is 1. The van der Waals surface area contributed by atoms with Gasteiger partial charge in [-0.05, 0) is 43.4 Å². The molecule has 2 heterocycles. The molecular weight excluding hydrogens is 164 g/mol. The molecule has 0 aromatic heterocycles. The molecular formula is C11H18O2. The van der Waals surface area contributed by atoms with E-state index in [2.05, 4.69) is 6.92 Å². The van der Waals surface area contributed by atoms with Gasteiger partial charge in [0.2, 0.25) is 0 Å². The lowest BCUT2D eigenvalue weighted by atomic mass is 9.81. The first kappa shape index (κ1) is 8.25. The molecule has 2 aliphatic heterocycles. The molecule has 2 bridgehead atoms. The minimum atomic E-state index is -0.166. The average molecular weight is 182 g/mol. The number of fused-ring (bicyclic) bond motifs is 4. The summed E-state index contributed by atoms with van der Waals surface area (Å²) in [5, 5.41) is 10.1. The molecule has 0 aromatic carbocycles. The van der Waals surface area contributed by atoms with E-state index in [0.29, 0.717) is 23.9 Å². The van der Waals surface area contributed by atoms with E-state index >= 15 is 0 Å². The fourth-order valence-corrected chi connectivity index (χ4v) is 3.79. The third-order valence-electron chi connectivity index (χ3n) is 4.44. The zero-order valence-electron chi connectivity index (χ0n) is 8.15. The molecule has 1 saturated carbocycles. The Bertz CT molecular complexity index is 216. The van der Waals surface area contributed by atoms with Crippen molar-refractivity contribution < 1.29 is 9.84 Å². The second-order valence-electron chi connectivity index (χ2n) is 5.08. The van der Waals surface area contributed by atoms with Crippen molar-refractivity contribution in [1.82, 2.24) is 0 Å². The molecule has 0 aromatic rings. The molecule has 1 aliphatic carbocycles. The molecule has 13 heavy (non-hydrogen) atoms. The Morgan fingerprint density at radius 2 is 1.85 bits per heavy atom. The predicted octanol–water partition coefficient (Wildman–Crippen LogP) is 1.57. The molecule has 2 nitrogen and oxygen atoms in total. The monoisotopic (exact) mass is 182 g/mol. The van der Waals surface area contributed by atoms with E-state index in [9.17, 15) is 5.11 Å². The fraction of sp³-hybridized carbons (Fsp3) is 1.00. The van der Waals surface area contributed by atoms with E-state index in [1.807, 2.05) is 0 Å². The van der Waals surface area contributed by atoms with Crippen molar-refractivity contribution in [2.24, 2.45) is 17.8 Å². The first-order valence-corrected chi connectivity index (χ1v) is 5.61. The number of rotatable bonds is 0. The third kappa shape index (κ3) is 1.02. The maximum absolute atomic E-state index is 10.1. The molecule has 1 N–H and O–H groups in total. The van der Waals surface area contributed by atoms with Crippen LogP contribution in [-0.2, 0) is 4.74 Å². The van der Waals surface area contributed by atoms with Crippen molar-refractivity contribution in [3.63, 3.8) is 0 Å². The van der Waals surface area contributed by atoms with Crippen molar-refractivity contribution in [2.45, 2.75) is 50.9 Å². The Labute approximate surface area is 79.3 Å². The van der Waals surface area contributed by atoms with Crippen LogP contribution in [0.15, 0.2) is 0 Å². The minimum Gasteiger partial charge on any atom is -0.390 e. The van der Waals surface area contributed by atoms with E-state index in [-0.39, 0.29) is 12.2 Å². The zero-order valence-corrected chi connectivity index (χ0v) is 8.15. The van der Waals surface area contributed by atoms with Crippen LogP contribution in [0.2, 0.25) is 0 Å². The molecule has 0 radical (unpaired) electrons. The van der Waals surface area contributed by atoms with Gasteiger partial charge in [0.1, 0.15) is 0 Å². The van der Waals surface area contributed by atoms with Gasteiger partial charge in [-0.15, -0.1) is 0 Å². The zero-order chi connectivity index (χ0) is 9.00. The highest BCUT2D eigenvalue weighted by Crippen LogP contribution is 2.50. The molecule has 3 aliphatic rings. The van der Waals surface area contributed by atoms with Gasteiger partial charge < -0.3 is 9.84 Å². The lowest BCUT2D eigenvalue weighted by Gasteiger charge is -2.38. The summed E-state index contributed by atoms with van der Waals surface area (Å²) in [5.41, 5.74) is 0. The van der Waals surface area contributed by atoms with Crippen molar-refractivity contribution in [1.29, 1.82) is 0 Å². The van der Waals surface area contributed by atoms with Crippen LogP contribution < -0.4 is 0 Å². The largest absolute Gasteiger partial charge is 0.390 e. The highest BCUT2D eigenvalue weighted by molar-refractivity contribution is 5.01. The molecule has 3 rings (SSSR count). The first-order valence-electron chi connectivity index (χ1n) is 5.61. The Hall–Kier alpha value is -0.0800. The van der Waals surface area contributed by atoms with Crippen LogP contribution >= 0.6 is 0 Å². The summed E-state index contributed by atoms with van der Waals surface area (Å²) in [7, 11) is 0. The third-order valence-corrected chi connectivity index (χ3v) is 4.44. The van der Waals surface area contributed by atoms with Crippen molar-refractivity contribution in [3.8, 4) is 0 Å². The quantitative estimate of drug-likeness (QED) is 0.616. The first-order chi connectivity index (χ1) is 6.27. The van der Waals surface area contributed by atoms with Gasteiger partial charge in [0.05, 0.1) is 18.3 Å². The summed E-state index contributed by atoms with van der Waals surface area (Å²) in [4.78, 5) is 0. The summed E-state index contributed by atoms with van der Waals surface area (Å²) < 4.78 is 5.82. The van der Waals surface area contributed by atoms with Crippen molar-refractivity contribution >= 4 is 0 Å². The topological polar surface area (TPSA) is 29.5 Å².